The predicted molar refractivity (Wildman–Crippen MR) is 111 cm³/mol. The van der Waals surface area contributed by atoms with Crippen molar-refractivity contribution in [3.05, 3.63) is 65.1 Å². The van der Waals surface area contributed by atoms with Gasteiger partial charge < -0.3 is 9.84 Å². The molecule has 6 nitrogen and oxygen atoms in total. The maximum atomic E-state index is 13.2. The number of nitrogens with zero attached hydrogens (tertiary/aromatic N) is 2. The van der Waals surface area contributed by atoms with E-state index in [4.69, 9.17) is 4.74 Å². The molecule has 0 bridgehead atoms. The molecule has 1 atom stereocenters. The van der Waals surface area contributed by atoms with Crippen LogP contribution in [0, 0.1) is 6.92 Å². The van der Waals surface area contributed by atoms with Crippen LogP contribution in [0.2, 0.25) is 0 Å². The summed E-state index contributed by atoms with van der Waals surface area (Å²) in [7, 11) is 0. The van der Waals surface area contributed by atoms with Gasteiger partial charge in [-0.05, 0) is 43.5 Å². The van der Waals surface area contributed by atoms with Gasteiger partial charge in [-0.1, -0.05) is 31.2 Å². The van der Waals surface area contributed by atoms with Gasteiger partial charge >= 0.3 is 5.97 Å². The molecule has 1 N–H and O–H groups in total. The SMILES string of the molecule is CCOc1cccn2c(C(=O)CC(CC(=O)O)c3ccc(CC)cc3)c(C)nc12. The van der Waals surface area contributed by atoms with Crippen LogP contribution >= 0.6 is 0 Å². The van der Waals surface area contributed by atoms with Gasteiger partial charge in [0.15, 0.2) is 17.2 Å². The standard InChI is InChI=1S/C23H26N2O4/c1-4-16-8-10-17(11-9-16)18(14-21(27)28)13-19(26)22-15(3)24-23-20(29-5-2)7-6-12-25(22)23/h6-12,18H,4-5,13-14H2,1-3H3,(H,27,28). The van der Waals surface area contributed by atoms with Gasteiger partial charge in [0.1, 0.15) is 5.69 Å². The second-order valence-electron chi connectivity index (χ2n) is 7.06. The van der Waals surface area contributed by atoms with Crippen LogP contribution in [0.5, 0.6) is 5.75 Å². The topological polar surface area (TPSA) is 80.9 Å². The Morgan fingerprint density at radius 3 is 2.48 bits per heavy atom. The Kier molecular flexibility index (Phi) is 6.32. The number of aryl methyl sites for hydroxylation is 2. The molecule has 3 aromatic rings. The highest BCUT2D eigenvalue weighted by Crippen LogP contribution is 2.28. The van der Waals surface area contributed by atoms with Crippen LogP contribution in [0.15, 0.2) is 42.6 Å². The van der Waals surface area contributed by atoms with Crippen molar-refractivity contribution in [3.8, 4) is 5.75 Å². The summed E-state index contributed by atoms with van der Waals surface area (Å²) in [5.74, 6) is -0.828. The number of carboxylic acid groups (broad SMARTS) is 1. The van der Waals surface area contributed by atoms with E-state index in [1.54, 1.807) is 17.5 Å². The second kappa shape index (κ2) is 8.90. The number of Topliss-reactive ketones (excluding diaryl/α,β-unsaturated/α-hetero) is 1. The highest BCUT2D eigenvalue weighted by molar-refractivity contribution is 5.97. The number of imidazole rings is 1. The van der Waals surface area contributed by atoms with Crippen molar-refractivity contribution in [1.29, 1.82) is 0 Å². The number of pyridine rings is 1. The quantitative estimate of drug-likeness (QED) is 0.543. The van der Waals surface area contributed by atoms with Crippen molar-refractivity contribution in [3.63, 3.8) is 0 Å². The van der Waals surface area contributed by atoms with Crippen molar-refractivity contribution < 1.29 is 19.4 Å². The lowest BCUT2D eigenvalue weighted by atomic mass is 9.89. The molecule has 1 unspecified atom stereocenters. The summed E-state index contributed by atoms with van der Waals surface area (Å²) in [6.07, 6.45) is 2.70. The molecule has 0 aliphatic rings. The molecule has 0 fully saturated rings. The summed E-state index contributed by atoms with van der Waals surface area (Å²) in [4.78, 5) is 29.1. The lowest BCUT2D eigenvalue weighted by Crippen LogP contribution is -2.14. The van der Waals surface area contributed by atoms with Crippen LogP contribution in [0.1, 0.15) is 59.9 Å². The Labute approximate surface area is 170 Å². The summed E-state index contributed by atoms with van der Waals surface area (Å²) >= 11 is 0. The van der Waals surface area contributed by atoms with Crippen molar-refractivity contribution in [1.82, 2.24) is 9.38 Å². The second-order valence-corrected chi connectivity index (χ2v) is 7.06. The molecule has 2 heterocycles. The fourth-order valence-corrected chi connectivity index (χ4v) is 3.62. The van der Waals surface area contributed by atoms with Crippen LogP contribution < -0.4 is 4.74 Å². The molecule has 0 aliphatic heterocycles. The number of hydrogen-bond donors (Lipinski definition) is 1. The predicted octanol–water partition coefficient (Wildman–Crippen LogP) is 4.44. The minimum absolute atomic E-state index is 0.100. The first-order chi connectivity index (χ1) is 13.9. The summed E-state index contributed by atoms with van der Waals surface area (Å²) < 4.78 is 7.36. The maximum absolute atomic E-state index is 13.2. The van der Waals surface area contributed by atoms with E-state index in [2.05, 4.69) is 11.9 Å². The summed E-state index contributed by atoms with van der Waals surface area (Å²) in [5.41, 5.74) is 3.71. The van der Waals surface area contributed by atoms with Crippen LogP contribution in [-0.4, -0.2) is 32.9 Å². The molecule has 0 saturated heterocycles. The average Bonchev–Trinajstić information content (AvgIpc) is 3.04. The molecule has 152 valence electrons. The maximum Gasteiger partial charge on any atom is 0.303 e. The molecule has 29 heavy (non-hydrogen) atoms. The molecule has 0 aliphatic carbocycles. The highest BCUT2D eigenvalue weighted by Gasteiger charge is 2.24. The molecule has 0 saturated carbocycles. The summed E-state index contributed by atoms with van der Waals surface area (Å²) in [5, 5.41) is 9.37. The van der Waals surface area contributed by atoms with E-state index in [-0.39, 0.29) is 18.6 Å². The fraction of sp³-hybridized carbons (Fsp3) is 0.348. The van der Waals surface area contributed by atoms with Crippen LogP contribution in [0.3, 0.4) is 0 Å². The van der Waals surface area contributed by atoms with E-state index in [0.717, 1.165) is 12.0 Å². The van der Waals surface area contributed by atoms with Gasteiger partial charge in [-0.3, -0.25) is 14.0 Å². The third-order valence-corrected chi connectivity index (χ3v) is 5.06. The number of carbonyl (C=O) groups is 2. The van der Waals surface area contributed by atoms with E-state index in [0.29, 0.717) is 29.4 Å². The average molecular weight is 394 g/mol. The van der Waals surface area contributed by atoms with E-state index in [1.165, 1.54) is 5.56 Å². The van der Waals surface area contributed by atoms with Gasteiger partial charge in [-0.2, -0.15) is 0 Å². The number of carbonyl (C=O) groups excluding carboxylic acids is 1. The minimum atomic E-state index is -0.920. The number of aliphatic carboxylic acids is 1. The van der Waals surface area contributed by atoms with Crippen LogP contribution in [0.25, 0.3) is 5.65 Å². The van der Waals surface area contributed by atoms with Gasteiger partial charge in [0, 0.05) is 18.5 Å². The number of rotatable bonds is 9. The van der Waals surface area contributed by atoms with Crippen molar-refractivity contribution in [2.75, 3.05) is 6.61 Å². The van der Waals surface area contributed by atoms with E-state index in [9.17, 15) is 14.7 Å². The largest absolute Gasteiger partial charge is 0.490 e. The third kappa shape index (κ3) is 4.47. The number of hydrogen-bond acceptors (Lipinski definition) is 4. The van der Waals surface area contributed by atoms with Crippen molar-refractivity contribution in [2.24, 2.45) is 0 Å². The zero-order valence-corrected chi connectivity index (χ0v) is 17.0. The smallest absolute Gasteiger partial charge is 0.303 e. The molecule has 0 radical (unpaired) electrons. The minimum Gasteiger partial charge on any atom is -0.490 e. The zero-order valence-electron chi connectivity index (χ0n) is 17.0. The number of ketones is 1. The first kappa shape index (κ1) is 20.6. The van der Waals surface area contributed by atoms with Crippen molar-refractivity contribution >= 4 is 17.4 Å². The number of fused-ring (bicyclic) bond motifs is 1. The Balaban J connectivity index is 1.94. The molecule has 6 heteroatoms. The van der Waals surface area contributed by atoms with Gasteiger partial charge in [-0.15, -0.1) is 0 Å². The first-order valence-electron chi connectivity index (χ1n) is 9.88. The lowest BCUT2D eigenvalue weighted by Gasteiger charge is -2.15. The monoisotopic (exact) mass is 394 g/mol. The number of carboxylic acids is 1. The molecular weight excluding hydrogens is 368 g/mol. The Morgan fingerprint density at radius 2 is 1.86 bits per heavy atom. The molecule has 2 aromatic heterocycles. The van der Waals surface area contributed by atoms with Gasteiger partial charge in [0.05, 0.1) is 18.7 Å². The molecule has 0 spiro atoms. The molecule has 3 rings (SSSR count). The van der Waals surface area contributed by atoms with Crippen LogP contribution in [-0.2, 0) is 11.2 Å². The van der Waals surface area contributed by atoms with Crippen molar-refractivity contribution in [2.45, 2.75) is 46.0 Å². The van der Waals surface area contributed by atoms with E-state index in [1.807, 2.05) is 43.3 Å². The van der Waals surface area contributed by atoms with E-state index < -0.39 is 11.9 Å². The molecular formula is C23H26N2O4. The Bertz CT molecular complexity index is 1020. The Hall–Kier alpha value is -3.15. The first-order valence-corrected chi connectivity index (χ1v) is 9.88. The summed E-state index contributed by atoms with van der Waals surface area (Å²) in [6, 6.07) is 11.5. The molecule has 1 aromatic carbocycles. The van der Waals surface area contributed by atoms with Gasteiger partial charge in [-0.25, -0.2) is 4.98 Å². The number of benzene rings is 1. The van der Waals surface area contributed by atoms with E-state index >= 15 is 0 Å². The third-order valence-electron chi connectivity index (χ3n) is 5.06. The number of aromatic nitrogens is 2. The Morgan fingerprint density at radius 1 is 1.14 bits per heavy atom. The lowest BCUT2D eigenvalue weighted by molar-refractivity contribution is -0.137. The zero-order chi connectivity index (χ0) is 21.0. The summed E-state index contributed by atoms with van der Waals surface area (Å²) in [6.45, 7) is 6.25. The number of ether oxygens (including phenoxy) is 1. The fourth-order valence-electron chi connectivity index (χ4n) is 3.62. The highest BCUT2D eigenvalue weighted by atomic mass is 16.5. The van der Waals surface area contributed by atoms with Gasteiger partial charge in [0.2, 0.25) is 0 Å². The molecule has 0 amide bonds. The normalized spacial score (nSPS) is 12.1. The van der Waals surface area contributed by atoms with Crippen LogP contribution in [0.4, 0.5) is 0 Å². The van der Waals surface area contributed by atoms with Gasteiger partial charge in [0.25, 0.3) is 0 Å².